The number of ether oxygens (including phenoxy) is 2. The highest BCUT2D eigenvalue weighted by Gasteiger charge is 2.09. The Bertz CT molecular complexity index is 783. The van der Waals surface area contributed by atoms with Crippen LogP contribution in [0.1, 0.15) is 30.4 Å². The molecule has 7 heteroatoms. The second kappa shape index (κ2) is 13.4. The van der Waals surface area contributed by atoms with Crippen molar-refractivity contribution >= 4 is 41.0 Å². The summed E-state index contributed by atoms with van der Waals surface area (Å²) in [6.07, 6.45) is 6.06. The lowest BCUT2D eigenvalue weighted by Gasteiger charge is -2.13. The zero-order valence-electron chi connectivity index (χ0n) is 16.2. The highest BCUT2D eigenvalue weighted by molar-refractivity contribution is 6.55. The van der Waals surface area contributed by atoms with Crippen LogP contribution in [0.2, 0.25) is 5.02 Å². The van der Waals surface area contributed by atoms with Crippen molar-refractivity contribution < 1.29 is 14.3 Å². The van der Waals surface area contributed by atoms with Gasteiger partial charge in [0, 0.05) is 6.07 Å². The van der Waals surface area contributed by atoms with E-state index in [0.717, 1.165) is 30.4 Å². The molecule has 2 aromatic carbocycles. The van der Waals surface area contributed by atoms with E-state index in [4.69, 9.17) is 49.1 Å². The second-order valence-corrected chi connectivity index (χ2v) is 7.66. The van der Waals surface area contributed by atoms with Crippen molar-refractivity contribution in [2.24, 2.45) is 5.16 Å². The number of hydrogen-bond donors (Lipinski definition) is 0. The predicted octanol–water partition coefficient (Wildman–Crippen LogP) is 6.95. The van der Waals surface area contributed by atoms with Gasteiger partial charge in [-0.2, -0.15) is 0 Å². The van der Waals surface area contributed by atoms with E-state index in [-0.39, 0.29) is 11.1 Å². The number of nitrogens with zero attached hydrogens (tertiary/aromatic N) is 1. The lowest BCUT2D eigenvalue weighted by atomic mass is 10.2. The molecule has 29 heavy (non-hydrogen) atoms. The van der Waals surface area contributed by atoms with Gasteiger partial charge in [0.25, 0.3) is 0 Å². The molecular weight excluding hydrogens is 433 g/mol. The van der Waals surface area contributed by atoms with Gasteiger partial charge in [0.15, 0.2) is 0 Å². The summed E-state index contributed by atoms with van der Waals surface area (Å²) in [6.45, 7) is 3.36. The van der Waals surface area contributed by atoms with Crippen LogP contribution in [0.25, 0.3) is 0 Å². The van der Waals surface area contributed by atoms with E-state index >= 15 is 0 Å². The first-order valence-electron chi connectivity index (χ1n) is 9.33. The normalized spacial score (nSPS) is 10.8. The molecule has 0 spiro atoms. The zero-order chi connectivity index (χ0) is 20.9. The van der Waals surface area contributed by atoms with Crippen LogP contribution in [-0.2, 0) is 4.84 Å². The average Bonchev–Trinajstić information content (AvgIpc) is 2.69. The Morgan fingerprint density at radius 1 is 1.00 bits per heavy atom. The number of benzene rings is 2. The molecule has 0 aromatic heterocycles. The minimum Gasteiger partial charge on any atom is -0.492 e. The van der Waals surface area contributed by atoms with Crippen LogP contribution in [0.3, 0.4) is 0 Å². The number of oxime groups is 1. The minimum absolute atomic E-state index is 0.168. The molecule has 0 bridgehead atoms. The van der Waals surface area contributed by atoms with Gasteiger partial charge in [0.1, 0.15) is 29.2 Å². The van der Waals surface area contributed by atoms with Gasteiger partial charge in [-0.25, -0.2) is 0 Å². The molecule has 0 aliphatic heterocycles. The first-order chi connectivity index (χ1) is 14.1. The van der Waals surface area contributed by atoms with Crippen LogP contribution in [0.15, 0.2) is 58.2 Å². The van der Waals surface area contributed by atoms with Crippen LogP contribution in [0, 0.1) is 6.92 Å². The monoisotopic (exact) mass is 455 g/mol. The third-order valence-electron chi connectivity index (χ3n) is 3.89. The molecule has 156 valence electrons. The van der Waals surface area contributed by atoms with Crippen LogP contribution in [0.4, 0.5) is 0 Å². The van der Waals surface area contributed by atoms with E-state index in [1.54, 1.807) is 18.4 Å². The molecule has 0 aliphatic carbocycles. The maximum atomic E-state index is 6.32. The van der Waals surface area contributed by atoms with Gasteiger partial charge in [-0.15, -0.1) is 0 Å². The van der Waals surface area contributed by atoms with E-state index < -0.39 is 0 Å². The Labute approximate surface area is 187 Å². The molecule has 0 heterocycles. The molecular formula is C22H24Cl3NO3. The maximum absolute atomic E-state index is 6.32. The Morgan fingerprint density at radius 2 is 1.76 bits per heavy atom. The molecule has 0 aliphatic rings. The van der Waals surface area contributed by atoms with Crippen molar-refractivity contribution in [3.8, 4) is 11.5 Å². The summed E-state index contributed by atoms with van der Waals surface area (Å²) in [5.74, 6) is 1.31. The molecule has 0 atom stereocenters. The zero-order valence-corrected chi connectivity index (χ0v) is 18.5. The highest BCUT2D eigenvalue weighted by atomic mass is 35.5. The largest absolute Gasteiger partial charge is 0.492 e. The third kappa shape index (κ3) is 9.44. The van der Waals surface area contributed by atoms with Crippen molar-refractivity contribution in [1.82, 2.24) is 0 Å². The number of unbranched alkanes of at least 4 members (excludes halogenated alkanes) is 2. The highest BCUT2D eigenvalue weighted by Crippen LogP contribution is 2.33. The molecule has 0 radical (unpaired) electrons. The first kappa shape index (κ1) is 23.4. The predicted molar refractivity (Wildman–Crippen MR) is 121 cm³/mol. The molecule has 0 unspecified atom stereocenters. The fraction of sp³-hybridized carbons (Fsp3) is 0.318. The molecule has 2 aromatic rings. The fourth-order valence-electron chi connectivity index (χ4n) is 2.48. The average molecular weight is 457 g/mol. The minimum atomic E-state index is 0.168. The van der Waals surface area contributed by atoms with Gasteiger partial charge in [-0.05, 0) is 49.5 Å². The summed E-state index contributed by atoms with van der Waals surface area (Å²) in [5, 5.41) is 4.48. The Morgan fingerprint density at radius 3 is 2.48 bits per heavy atom. The molecule has 0 amide bonds. The van der Waals surface area contributed by atoms with Crippen LogP contribution in [-0.4, -0.2) is 26.0 Å². The topological polar surface area (TPSA) is 40.0 Å². The van der Waals surface area contributed by atoms with Crippen molar-refractivity contribution in [1.29, 1.82) is 0 Å². The summed E-state index contributed by atoms with van der Waals surface area (Å²) >= 11 is 17.4. The maximum Gasteiger partial charge on any atom is 0.141 e. The second-order valence-electron chi connectivity index (χ2n) is 6.24. The van der Waals surface area contributed by atoms with Crippen LogP contribution in [0.5, 0.6) is 11.5 Å². The van der Waals surface area contributed by atoms with Crippen molar-refractivity contribution in [3.05, 3.63) is 69.2 Å². The fourth-order valence-corrected chi connectivity index (χ4v) is 2.91. The summed E-state index contributed by atoms with van der Waals surface area (Å²) in [4.78, 5) is 5.27. The molecule has 0 saturated carbocycles. The number of hydrogen-bond acceptors (Lipinski definition) is 4. The summed E-state index contributed by atoms with van der Waals surface area (Å²) in [6, 6.07) is 13.4. The van der Waals surface area contributed by atoms with Crippen molar-refractivity contribution in [3.63, 3.8) is 0 Å². The third-order valence-corrected chi connectivity index (χ3v) is 4.48. The SMILES string of the molecule is Cc1cc(OCC=C(Cl)Cl)cc(Cl)c1OCCCCCON=Cc1ccccc1. The van der Waals surface area contributed by atoms with E-state index in [0.29, 0.717) is 29.7 Å². The lowest BCUT2D eigenvalue weighted by molar-refractivity contribution is 0.140. The van der Waals surface area contributed by atoms with Crippen molar-refractivity contribution in [2.45, 2.75) is 26.2 Å². The van der Waals surface area contributed by atoms with Gasteiger partial charge in [-0.1, -0.05) is 70.3 Å². The molecule has 4 nitrogen and oxygen atoms in total. The first-order valence-corrected chi connectivity index (χ1v) is 10.5. The van der Waals surface area contributed by atoms with Crippen molar-refractivity contribution in [2.75, 3.05) is 19.8 Å². The van der Waals surface area contributed by atoms with Crippen LogP contribution < -0.4 is 9.47 Å². The molecule has 0 N–H and O–H groups in total. The summed E-state index contributed by atoms with van der Waals surface area (Å²) in [5.41, 5.74) is 1.93. The Hall–Kier alpha value is -1.88. The van der Waals surface area contributed by atoms with Gasteiger partial charge in [0.05, 0.1) is 17.8 Å². The number of rotatable bonds is 12. The lowest BCUT2D eigenvalue weighted by Crippen LogP contribution is -2.01. The van der Waals surface area contributed by atoms with E-state index in [1.807, 2.05) is 43.3 Å². The number of halogens is 3. The molecule has 0 saturated heterocycles. The van der Waals surface area contributed by atoms with Crippen LogP contribution >= 0.6 is 34.8 Å². The number of aryl methyl sites for hydroxylation is 1. The standard InChI is InChI=1S/C22H24Cl3NO3/c1-17-14-19(27-13-10-21(24)25)15-20(23)22(17)28-11-6-3-7-12-29-26-16-18-8-4-2-5-9-18/h2,4-5,8-10,14-16H,3,6-7,11-13H2,1H3. The van der Waals surface area contributed by atoms with Gasteiger partial charge in [-0.3, -0.25) is 0 Å². The smallest absolute Gasteiger partial charge is 0.141 e. The summed E-state index contributed by atoms with van der Waals surface area (Å²) < 4.78 is 11.5. The van der Waals surface area contributed by atoms with E-state index in [2.05, 4.69) is 5.16 Å². The van der Waals surface area contributed by atoms with Gasteiger partial charge in [0.2, 0.25) is 0 Å². The molecule has 2 rings (SSSR count). The molecule has 0 fully saturated rings. The summed E-state index contributed by atoms with van der Waals surface area (Å²) in [7, 11) is 0. The Balaban J connectivity index is 1.63. The van der Waals surface area contributed by atoms with Gasteiger partial charge >= 0.3 is 0 Å². The van der Waals surface area contributed by atoms with Gasteiger partial charge < -0.3 is 14.3 Å². The quantitative estimate of drug-likeness (QED) is 0.197. The van der Waals surface area contributed by atoms with E-state index in [1.165, 1.54) is 0 Å². The Kier molecular flexibility index (Phi) is 10.8. The van der Waals surface area contributed by atoms with E-state index in [9.17, 15) is 0 Å².